The lowest BCUT2D eigenvalue weighted by Gasteiger charge is -2.34. The van der Waals surface area contributed by atoms with Gasteiger partial charge in [-0.15, -0.1) is 0 Å². The molecule has 0 aliphatic carbocycles. The van der Waals surface area contributed by atoms with Crippen LogP contribution in [0.4, 0.5) is 10.6 Å². The van der Waals surface area contributed by atoms with Crippen LogP contribution in [-0.4, -0.2) is 50.5 Å². The third kappa shape index (κ3) is 5.64. The average molecular weight is 510 g/mol. The molecule has 1 unspecified atom stereocenters. The predicted octanol–water partition coefficient (Wildman–Crippen LogP) is 6.06. The monoisotopic (exact) mass is 509 g/mol. The van der Waals surface area contributed by atoms with Crippen LogP contribution in [-0.2, 0) is 4.74 Å². The van der Waals surface area contributed by atoms with Crippen LogP contribution in [0.3, 0.4) is 0 Å². The van der Waals surface area contributed by atoms with Gasteiger partial charge in [0.25, 0.3) is 5.91 Å². The molecule has 4 aromatic rings. The number of rotatable bonds is 4. The molecule has 2 aromatic heterocycles. The SMILES string of the molecule is CC(C)(C)OC(=O)N1CCCC(c2ccc(-c3ccc(C(=O)Nc4ccccn4)cc3)c3cncnc23)C1. The molecule has 3 heterocycles. The van der Waals surface area contributed by atoms with Gasteiger partial charge in [-0.3, -0.25) is 4.79 Å². The summed E-state index contributed by atoms with van der Waals surface area (Å²) in [5.41, 5.74) is 3.95. The Balaban J connectivity index is 1.39. The van der Waals surface area contributed by atoms with Gasteiger partial charge in [0.05, 0.1) is 5.52 Å². The molecule has 1 aliphatic rings. The molecule has 0 bridgehead atoms. The molecule has 8 heteroatoms. The minimum Gasteiger partial charge on any atom is -0.444 e. The van der Waals surface area contributed by atoms with Crippen LogP contribution in [0.25, 0.3) is 22.0 Å². The zero-order valence-electron chi connectivity index (χ0n) is 21.8. The van der Waals surface area contributed by atoms with E-state index in [4.69, 9.17) is 4.74 Å². The lowest BCUT2D eigenvalue weighted by molar-refractivity contribution is 0.0198. The van der Waals surface area contributed by atoms with E-state index in [0.717, 1.165) is 40.4 Å². The number of hydrogen-bond acceptors (Lipinski definition) is 6. The fraction of sp³-hybridized carbons (Fsp3) is 0.300. The summed E-state index contributed by atoms with van der Waals surface area (Å²) < 4.78 is 5.61. The number of carbonyl (C=O) groups excluding carboxylic acids is 2. The van der Waals surface area contributed by atoms with Crippen molar-refractivity contribution >= 4 is 28.7 Å². The third-order valence-corrected chi connectivity index (χ3v) is 6.58. The summed E-state index contributed by atoms with van der Waals surface area (Å²) in [4.78, 5) is 40.2. The number of anilines is 1. The number of hydrogen-bond donors (Lipinski definition) is 1. The van der Waals surface area contributed by atoms with E-state index in [9.17, 15) is 9.59 Å². The predicted molar refractivity (Wildman–Crippen MR) is 147 cm³/mol. The highest BCUT2D eigenvalue weighted by atomic mass is 16.6. The summed E-state index contributed by atoms with van der Waals surface area (Å²) in [5, 5.41) is 3.74. The molecule has 1 aliphatic heterocycles. The molecule has 0 radical (unpaired) electrons. The molecule has 2 aromatic carbocycles. The van der Waals surface area contributed by atoms with Crippen molar-refractivity contribution < 1.29 is 14.3 Å². The Morgan fingerprint density at radius 2 is 1.84 bits per heavy atom. The molecule has 1 N–H and O–H groups in total. The summed E-state index contributed by atoms with van der Waals surface area (Å²) in [7, 11) is 0. The van der Waals surface area contributed by atoms with Crippen molar-refractivity contribution in [3.05, 3.63) is 84.4 Å². The Hall–Kier alpha value is -4.33. The first-order chi connectivity index (χ1) is 18.3. The second-order valence-electron chi connectivity index (χ2n) is 10.5. The first-order valence-corrected chi connectivity index (χ1v) is 12.8. The van der Waals surface area contributed by atoms with Gasteiger partial charge in [0, 0.05) is 42.4 Å². The molecule has 0 saturated carbocycles. The van der Waals surface area contributed by atoms with Gasteiger partial charge in [-0.05, 0) is 74.6 Å². The minimum absolute atomic E-state index is 0.153. The second kappa shape index (κ2) is 10.6. The van der Waals surface area contributed by atoms with E-state index in [0.29, 0.717) is 24.5 Å². The number of pyridine rings is 1. The largest absolute Gasteiger partial charge is 0.444 e. The number of aromatic nitrogens is 3. The Labute approximate surface area is 222 Å². The van der Waals surface area contributed by atoms with Crippen LogP contribution < -0.4 is 5.32 Å². The number of piperidine rings is 1. The molecule has 194 valence electrons. The normalized spacial score (nSPS) is 15.8. The van der Waals surface area contributed by atoms with Crippen molar-refractivity contribution in [3.8, 4) is 11.1 Å². The Kier molecular flexibility index (Phi) is 7.05. The lowest BCUT2D eigenvalue weighted by atomic mass is 9.87. The van der Waals surface area contributed by atoms with Gasteiger partial charge >= 0.3 is 6.09 Å². The smallest absolute Gasteiger partial charge is 0.410 e. The first-order valence-electron chi connectivity index (χ1n) is 12.8. The maximum absolute atomic E-state index is 12.7. The van der Waals surface area contributed by atoms with Crippen LogP contribution in [0.2, 0.25) is 0 Å². The molecular weight excluding hydrogens is 478 g/mol. The number of ether oxygens (including phenoxy) is 1. The number of likely N-dealkylation sites (tertiary alicyclic amines) is 1. The number of amides is 2. The summed E-state index contributed by atoms with van der Waals surface area (Å²) in [6.45, 7) is 6.93. The molecule has 0 spiro atoms. The van der Waals surface area contributed by atoms with Gasteiger partial charge < -0.3 is 15.0 Å². The van der Waals surface area contributed by atoms with Crippen molar-refractivity contribution in [3.63, 3.8) is 0 Å². The van der Waals surface area contributed by atoms with E-state index in [-0.39, 0.29) is 17.9 Å². The first kappa shape index (κ1) is 25.3. The average Bonchev–Trinajstić information content (AvgIpc) is 2.92. The molecule has 5 rings (SSSR count). The zero-order chi connectivity index (χ0) is 26.7. The van der Waals surface area contributed by atoms with E-state index >= 15 is 0 Å². The molecule has 1 fully saturated rings. The standard InChI is InChI=1S/C30H31N5O3/c1-30(2,3)38-29(37)35-16-6-7-22(18-35)24-14-13-23(25-17-31-19-33-27(24)25)20-9-11-21(12-10-20)28(36)34-26-8-4-5-15-32-26/h4-5,8-15,17,19,22H,6-7,16,18H2,1-3H3,(H,32,34,36). The molecular formula is C30H31N5O3. The lowest BCUT2D eigenvalue weighted by Crippen LogP contribution is -2.42. The highest BCUT2D eigenvalue weighted by Crippen LogP contribution is 2.36. The summed E-state index contributed by atoms with van der Waals surface area (Å²) in [5.74, 6) is 0.444. The summed E-state index contributed by atoms with van der Waals surface area (Å²) >= 11 is 0. The van der Waals surface area contributed by atoms with Gasteiger partial charge in [0.1, 0.15) is 17.7 Å². The van der Waals surface area contributed by atoms with Crippen LogP contribution in [0.5, 0.6) is 0 Å². The van der Waals surface area contributed by atoms with Crippen molar-refractivity contribution in [2.24, 2.45) is 0 Å². The van der Waals surface area contributed by atoms with Crippen molar-refractivity contribution in [1.29, 1.82) is 0 Å². The Bertz CT molecular complexity index is 1450. The second-order valence-corrected chi connectivity index (χ2v) is 10.5. The number of fused-ring (bicyclic) bond motifs is 1. The van der Waals surface area contributed by atoms with Crippen LogP contribution >= 0.6 is 0 Å². The van der Waals surface area contributed by atoms with E-state index in [2.05, 4.69) is 32.4 Å². The van der Waals surface area contributed by atoms with Gasteiger partial charge in [0.2, 0.25) is 0 Å². The fourth-order valence-corrected chi connectivity index (χ4v) is 4.83. The van der Waals surface area contributed by atoms with Crippen LogP contribution in [0.15, 0.2) is 73.3 Å². The number of nitrogens with zero attached hydrogens (tertiary/aromatic N) is 4. The van der Waals surface area contributed by atoms with Crippen molar-refractivity contribution in [2.45, 2.75) is 45.1 Å². The van der Waals surface area contributed by atoms with Crippen LogP contribution in [0.1, 0.15) is 55.5 Å². The molecule has 2 amide bonds. The van der Waals surface area contributed by atoms with Gasteiger partial charge in [-0.1, -0.05) is 30.3 Å². The van der Waals surface area contributed by atoms with Gasteiger partial charge in [-0.25, -0.2) is 19.7 Å². The molecule has 1 atom stereocenters. The Morgan fingerprint density at radius 3 is 2.58 bits per heavy atom. The number of nitrogens with one attached hydrogen (secondary N) is 1. The molecule has 38 heavy (non-hydrogen) atoms. The van der Waals surface area contributed by atoms with E-state index in [1.54, 1.807) is 41.7 Å². The quantitative estimate of drug-likeness (QED) is 0.359. The van der Waals surface area contributed by atoms with Crippen LogP contribution in [0, 0.1) is 0 Å². The molecule has 1 saturated heterocycles. The topological polar surface area (TPSA) is 97.3 Å². The van der Waals surface area contributed by atoms with E-state index < -0.39 is 5.60 Å². The Morgan fingerprint density at radius 1 is 1.03 bits per heavy atom. The van der Waals surface area contributed by atoms with Gasteiger partial charge in [-0.2, -0.15) is 0 Å². The zero-order valence-corrected chi connectivity index (χ0v) is 21.8. The maximum atomic E-state index is 12.7. The highest BCUT2D eigenvalue weighted by molar-refractivity contribution is 6.04. The van der Waals surface area contributed by atoms with Gasteiger partial charge in [0.15, 0.2) is 0 Å². The summed E-state index contributed by atoms with van der Waals surface area (Å²) in [6.07, 6.45) is 6.63. The number of benzene rings is 2. The highest BCUT2D eigenvalue weighted by Gasteiger charge is 2.29. The van der Waals surface area contributed by atoms with E-state index in [1.165, 1.54) is 0 Å². The molecule has 8 nitrogen and oxygen atoms in total. The van der Waals surface area contributed by atoms with E-state index in [1.807, 2.05) is 45.2 Å². The third-order valence-electron chi connectivity index (χ3n) is 6.58. The number of carbonyl (C=O) groups is 2. The minimum atomic E-state index is -0.528. The van der Waals surface area contributed by atoms with Crippen molar-refractivity contribution in [2.75, 3.05) is 18.4 Å². The summed E-state index contributed by atoms with van der Waals surface area (Å²) in [6, 6.07) is 17.0. The van der Waals surface area contributed by atoms with Crippen molar-refractivity contribution in [1.82, 2.24) is 19.9 Å². The maximum Gasteiger partial charge on any atom is 0.410 e. The fourth-order valence-electron chi connectivity index (χ4n) is 4.83.